The van der Waals surface area contributed by atoms with E-state index in [-0.39, 0.29) is 41.2 Å². The number of benzene rings is 1. The van der Waals surface area contributed by atoms with Crippen LogP contribution in [0.5, 0.6) is 0 Å². The highest BCUT2D eigenvalue weighted by atomic mass is 35.5. The number of hydrogen-bond donors (Lipinski definition) is 1. The Morgan fingerprint density at radius 2 is 2.09 bits per heavy atom. The van der Waals surface area contributed by atoms with E-state index in [1.54, 1.807) is 7.05 Å². The first-order valence-electron chi connectivity index (χ1n) is 9.82. The Morgan fingerprint density at radius 3 is 2.84 bits per heavy atom. The molecule has 1 amide bonds. The minimum absolute atomic E-state index is 0.0569. The van der Waals surface area contributed by atoms with Crippen LogP contribution in [0.3, 0.4) is 0 Å². The molecule has 1 aliphatic rings. The number of nitrogens with zero attached hydrogens (tertiary/aromatic N) is 6. The van der Waals surface area contributed by atoms with Gasteiger partial charge in [-0.1, -0.05) is 28.9 Å². The van der Waals surface area contributed by atoms with Crippen LogP contribution in [0.4, 0.5) is 0 Å². The number of fused-ring (bicyclic) bond motifs is 1. The van der Waals surface area contributed by atoms with Gasteiger partial charge in [0.25, 0.3) is 11.5 Å². The van der Waals surface area contributed by atoms with Crippen LogP contribution in [0.25, 0.3) is 11.0 Å². The quantitative estimate of drug-likeness (QED) is 0.477. The minimum Gasteiger partial charge on any atom is -0.373 e. The smallest absolute Gasteiger partial charge is 0.293 e. The van der Waals surface area contributed by atoms with Crippen molar-refractivity contribution < 1.29 is 14.1 Å². The Morgan fingerprint density at radius 1 is 1.31 bits per heavy atom. The number of ether oxygens (including phenoxy) is 1. The van der Waals surface area contributed by atoms with Gasteiger partial charge in [0.05, 0.1) is 19.0 Å². The maximum atomic E-state index is 12.8. The lowest BCUT2D eigenvalue weighted by Gasteiger charge is -2.09. The minimum atomic E-state index is -0.787. The molecule has 1 saturated heterocycles. The van der Waals surface area contributed by atoms with Gasteiger partial charge >= 0.3 is 0 Å². The van der Waals surface area contributed by atoms with Gasteiger partial charge in [-0.25, -0.2) is 9.67 Å². The van der Waals surface area contributed by atoms with Gasteiger partial charge in [-0.3, -0.25) is 9.59 Å². The molecule has 2 N–H and O–H groups in total. The number of halogens is 1. The first kappa shape index (κ1) is 20.3. The zero-order valence-electron chi connectivity index (χ0n) is 16.9. The van der Waals surface area contributed by atoms with Gasteiger partial charge < -0.3 is 19.6 Å². The third kappa shape index (κ3) is 3.55. The van der Waals surface area contributed by atoms with Gasteiger partial charge in [0.1, 0.15) is 17.6 Å². The summed E-state index contributed by atoms with van der Waals surface area (Å²) in [6.45, 7) is 0.332. The van der Waals surface area contributed by atoms with Crippen LogP contribution in [-0.2, 0) is 18.3 Å². The third-order valence-electron chi connectivity index (χ3n) is 5.43. The molecule has 5 rings (SSSR count). The molecule has 0 saturated carbocycles. The summed E-state index contributed by atoms with van der Waals surface area (Å²) >= 11 is 5.95. The lowest BCUT2D eigenvalue weighted by Crippen LogP contribution is -2.29. The number of nitrogens with two attached hydrogens (primary N) is 1. The van der Waals surface area contributed by atoms with Gasteiger partial charge in [0.2, 0.25) is 5.89 Å². The van der Waals surface area contributed by atoms with E-state index in [0.29, 0.717) is 23.9 Å². The molecule has 1 aliphatic heterocycles. The van der Waals surface area contributed by atoms with Gasteiger partial charge in [0.15, 0.2) is 11.5 Å². The summed E-state index contributed by atoms with van der Waals surface area (Å²) in [5.74, 6) is -0.175. The Kier molecular flexibility index (Phi) is 4.98. The Bertz CT molecular complexity index is 1380. The van der Waals surface area contributed by atoms with Crippen molar-refractivity contribution >= 4 is 28.5 Å². The second-order valence-corrected chi connectivity index (χ2v) is 8.02. The molecule has 3 aromatic heterocycles. The van der Waals surface area contributed by atoms with E-state index in [1.165, 1.54) is 10.9 Å². The molecule has 2 atom stereocenters. The largest absolute Gasteiger partial charge is 0.373 e. The van der Waals surface area contributed by atoms with Gasteiger partial charge in [-0.2, -0.15) is 10.1 Å². The highest BCUT2D eigenvalue weighted by Crippen LogP contribution is 2.37. The summed E-state index contributed by atoms with van der Waals surface area (Å²) in [7, 11) is 1.65. The summed E-state index contributed by atoms with van der Waals surface area (Å²) in [5, 5.41) is 8.78. The SMILES string of the molecule is Cn1cnc2c(C(N)=O)nn(Cc3nc([C@@H]4CO[C@@H](c5ccc(Cl)cc5)C4)no3)c(=O)c21. The summed E-state index contributed by atoms with van der Waals surface area (Å²) in [5.41, 5.74) is 6.26. The number of hydrogen-bond acceptors (Lipinski definition) is 8. The molecule has 1 fully saturated rings. The van der Waals surface area contributed by atoms with Crippen LogP contribution in [0.1, 0.15) is 46.2 Å². The van der Waals surface area contributed by atoms with Crippen molar-refractivity contribution in [1.29, 1.82) is 0 Å². The lowest BCUT2D eigenvalue weighted by molar-refractivity contribution is 0.0994. The monoisotopic (exact) mass is 455 g/mol. The van der Waals surface area contributed by atoms with E-state index in [9.17, 15) is 9.59 Å². The Balaban J connectivity index is 1.38. The average Bonchev–Trinajstić information content (AvgIpc) is 3.50. The number of aryl methyl sites for hydroxylation is 1. The second kappa shape index (κ2) is 7.84. The first-order valence-corrected chi connectivity index (χ1v) is 10.2. The van der Waals surface area contributed by atoms with Crippen LogP contribution in [-0.4, -0.2) is 42.0 Å². The number of carbonyl (C=O) groups excluding carboxylic acids is 1. The van der Waals surface area contributed by atoms with E-state index in [0.717, 1.165) is 10.2 Å². The fourth-order valence-corrected chi connectivity index (χ4v) is 3.93. The predicted octanol–water partition coefficient (Wildman–Crippen LogP) is 1.56. The zero-order chi connectivity index (χ0) is 22.4. The van der Waals surface area contributed by atoms with Crippen molar-refractivity contribution in [2.45, 2.75) is 25.0 Å². The molecule has 32 heavy (non-hydrogen) atoms. The van der Waals surface area contributed by atoms with Crippen LogP contribution in [0, 0.1) is 0 Å². The van der Waals surface area contributed by atoms with Crippen molar-refractivity contribution in [2.24, 2.45) is 12.8 Å². The average molecular weight is 456 g/mol. The first-order chi connectivity index (χ1) is 15.4. The highest BCUT2D eigenvalue weighted by molar-refractivity contribution is 6.30. The van der Waals surface area contributed by atoms with Crippen LogP contribution in [0.2, 0.25) is 5.02 Å². The van der Waals surface area contributed by atoms with Crippen molar-refractivity contribution in [1.82, 2.24) is 29.5 Å². The Hall–Kier alpha value is -3.57. The summed E-state index contributed by atoms with van der Waals surface area (Å²) in [6.07, 6.45) is 2.02. The van der Waals surface area contributed by atoms with Crippen molar-refractivity contribution in [3.8, 4) is 0 Å². The predicted molar refractivity (Wildman–Crippen MR) is 112 cm³/mol. The number of primary amides is 1. The topological polar surface area (TPSA) is 144 Å². The molecular formula is C20H18ClN7O4. The number of aromatic nitrogens is 6. The lowest BCUT2D eigenvalue weighted by atomic mass is 10.0. The Labute approximate surface area is 185 Å². The fourth-order valence-electron chi connectivity index (χ4n) is 3.81. The van der Waals surface area contributed by atoms with E-state index in [2.05, 4.69) is 20.2 Å². The van der Waals surface area contributed by atoms with E-state index < -0.39 is 11.5 Å². The second-order valence-electron chi connectivity index (χ2n) is 7.58. The maximum absolute atomic E-state index is 12.8. The fraction of sp³-hybridized carbons (Fsp3) is 0.300. The van der Waals surface area contributed by atoms with E-state index in [1.807, 2.05) is 24.3 Å². The maximum Gasteiger partial charge on any atom is 0.293 e. The molecule has 0 bridgehead atoms. The third-order valence-corrected chi connectivity index (χ3v) is 5.68. The van der Waals surface area contributed by atoms with Crippen molar-refractivity contribution in [3.05, 3.63) is 68.9 Å². The molecule has 0 aliphatic carbocycles. The van der Waals surface area contributed by atoms with E-state index in [4.69, 9.17) is 26.6 Å². The normalized spacial score (nSPS) is 18.4. The summed E-state index contributed by atoms with van der Waals surface area (Å²) < 4.78 is 13.8. The molecular weight excluding hydrogens is 438 g/mol. The molecule has 4 heterocycles. The number of imidazole rings is 1. The van der Waals surface area contributed by atoms with E-state index >= 15 is 0 Å². The summed E-state index contributed by atoms with van der Waals surface area (Å²) in [4.78, 5) is 33.1. The molecule has 164 valence electrons. The number of rotatable bonds is 5. The molecule has 0 unspecified atom stereocenters. The van der Waals surface area contributed by atoms with Gasteiger partial charge in [0, 0.05) is 18.0 Å². The molecule has 12 heteroatoms. The molecule has 11 nitrogen and oxygen atoms in total. The number of amides is 1. The standard InChI is InChI=1S/C20H18ClN7O4/c1-27-9-23-15-16(18(22)29)25-28(20(30)17(15)27)7-14-24-19(26-32-14)11-6-13(31-8-11)10-2-4-12(21)5-3-10/h2-5,9,11,13H,6-8H2,1H3,(H2,22,29)/t11-,13+/m0/s1. The molecule has 4 aromatic rings. The molecule has 0 spiro atoms. The highest BCUT2D eigenvalue weighted by Gasteiger charge is 2.31. The van der Waals surface area contributed by atoms with Gasteiger partial charge in [-0.05, 0) is 24.1 Å². The van der Waals surface area contributed by atoms with Crippen molar-refractivity contribution in [3.63, 3.8) is 0 Å². The van der Waals surface area contributed by atoms with Crippen molar-refractivity contribution in [2.75, 3.05) is 6.61 Å². The molecule has 1 aromatic carbocycles. The molecule has 0 radical (unpaired) electrons. The number of carbonyl (C=O) groups is 1. The van der Waals surface area contributed by atoms with Crippen LogP contribution < -0.4 is 11.3 Å². The summed E-state index contributed by atoms with van der Waals surface area (Å²) in [6, 6.07) is 7.51. The van der Waals surface area contributed by atoms with Crippen LogP contribution >= 0.6 is 11.6 Å². The zero-order valence-corrected chi connectivity index (χ0v) is 17.7. The van der Waals surface area contributed by atoms with Crippen LogP contribution in [0.15, 0.2) is 39.9 Å². The van der Waals surface area contributed by atoms with Gasteiger partial charge in [-0.15, -0.1) is 0 Å².